The summed E-state index contributed by atoms with van der Waals surface area (Å²) in [6.07, 6.45) is 0. The smallest absolute Gasteiger partial charge is 0.234 e. The van der Waals surface area contributed by atoms with Crippen LogP contribution < -0.4 is 19.5 Å². The van der Waals surface area contributed by atoms with Crippen LogP contribution in [0.1, 0.15) is 5.56 Å². The monoisotopic (exact) mass is 490 g/mol. The minimum atomic E-state index is -0.198. The van der Waals surface area contributed by atoms with Gasteiger partial charge in [0.1, 0.15) is 17.2 Å². The molecule has 4 aromatic rings. The Hall–Kier alpha value is -3.98. The van der Waals surface area contributed by atoms with Gasteiger partial charge in [0.2, 0.25) is 5.91 Å². The molecule has 0 aliphatic rings. The summed E-state index contributed by atoms with van der Waals surface area (Å²) < 4.78 is 18.1. The predicted molar refractivity (Wildman–Crippen MR) is 137 cm³/mol. The lowest BCUT2D eigenvalue weighted by Gasteiger charge is -2.13. The standard InChI is InChI=1S/C26H26N4O4S/c1-17-9-11-18(12-10-17)30-25(20-7-5-6-8-22(20)33-3)28-29-26(30)35-16-24(31)27-21-14-13-19(32-2)15-23(21)34-4/h5-15H,16H2,1-4H3,(H,27,31). The number of ether oxygens (including phenoxy) is 3. The van der Waals surface area contributed by atoms with E-state index in [-0.39, 0.29) is 11.7 Å². The molecule has 1 aromatic heterocycles. The lowest BCUT2D eigenvalue weighted by Crippen LogP contribution is -2.15. The zero-order valence-corrected chi connectivity index (χ0v) is 20.8. The summed E-state index contributed by atoms with van der Waals surface area (Å²) in [5, 5.41) is 12.3. The van der Waals surface area contributed by atoms with E-state index in [0.29, 0.717) is 33.9 Å². The molecule has 0 unspecified atom stereocenters. The quantitative estimate of drug-likeness (QED) is 0.330. The molecule has 0 aliphatic carbocycles. The number of amides is 1. The van der Waals surface area contributed by atoms with Gasteiger partial charge in [-0.25, -0.2) is 0 Å². The van der Waals surface area contributed by atoms with Crippen LogP contribution in [0.3, 0.4) is 0 Å². The highest BCUT2D eigenvalue weighted by Crippen LogP contribution is 2.34. The maximum absolute atomic E-state index is 12.8. The van der Waals surface area contributed by atoms with Gasteiger partial charge in [-0.15, -0.1) is 10.2 Å². The molecule has 0 spiro atoms. The highest BCUT2D eigenvalue weighted by molar-refractivity contribution is 7.99. The lowest BCUT2D eigenvalue weighted by atomic mass is 10.1. The van der Waals surface area contributed by atoms with E-state index in [2.05, 4.69) is 15.5 Å². The molecule has 0 bridgehead atoms. The number of hydrogen-bond acceptors (Lipinski definition) is 7. The number of methoxy groups -OCH3 is 3. The van der Waals surface area contributed by atoms with Crippen LogP contribution in [0.25, 0.3) is 17.1 Å². The zero-order chi connectivity index (χ0) is 24.8. The number of rotatable bonds is 9. The maximum atomic E-state index is 12.8. The molecular formula is C26H26N4O4S. The SMILES string of the molecule is COc1ccc(NC(=O)CSc2nnc(-c3ccccc3OC)n2-c2ccc(C)cc2)c(OC)c1. The lowest BCUT2D eigenvalue weighted by molar-refractivity contribution is -0.113. The largest absolute Gasteiger partial charge is 0.497 e. The molecule has 8 nitrogen and oxygen atoms in total. The van der Waals surface area contributed by atoms with Crippen LogP contribution in [0.2, 0.25) is 0 Å². The Labute approximate surface area is 208 Å². The van der Waals surface area contributed by atoms with E-state index in [1.807, 2.05) is 60.0 Å². The summed E-state index contributed by atoms with van der Waals surface area (Å²) in [5.41, 5.74) is 3.40. The summed E-state index contributed by atoms with van der Waals surface area (Å²) in [6.45, 7) is 2.03. The van der Waals surface area contributed by atoms with Crippen LogP contribution >= 0.6 is 11.8 Å². The first-order valence-electron chi connectivity index (χ1n) is 10.8. The first-order valence-corrected chi connectivity index (χ1v) is 11.8. The molecule has 180 valence electrons. The van der Waals surface area contributed by atoms with Crippen LogP contribution in [-0.2, 0) is 4.79 Å². The Bertz CT molecular complexity index is 1320. The molecule has 0 radical (unpaired) electrons. The van der Waals surface area contributed by atoms with Crippen LogP contribution in [0.15, 0.2) is 71.9 Å². The van der Waals surface area contributed by atoms with Crippen molar-refractivity contribution in [2.75, 3.05) is 32.4 Å². The van der Waals surface area contributed by atoms with Gasteiger partial charge in [-0.05, 0) is 43.3 Å². The zero-order valence-electron chi connectivity index (χ0n) is 19.9. The third kappa shape index (κ3) is 5.41. The summed E-state index contributed by atoms with van der Waals surface area (Å²) in [6, 6.07) is 20.9. The summed E-state index contributed by atoms with van der Waals surface area (Å²) in [4.78, 5) is 12.8. The van der Waals surface area contributed by atoms with E-state index in [4.69, 9.17) is 14.2 Å². The number of carbonyl (C=O) groups excluding carboxylic acids is 1. The van der Waals surface area contributed by atoms with Gasteiger partial charge in [0.05, 0.1) is 38.3 Å². The van der Waals surface area contributed by atoms with Gasteiger partial charge < -0.3 is 19.5 Å². The maximum Gasteiger partial charge on any atom is 0.234 e. The molecule has 0 fully saturated rings. The van der Waals surface area contributed by atoms with E-state index in [0.717, 1.165) is 16.8 Å². The number of nitrogens with zero attached hydrogens (tertiary/aromatic N) is 3. The number of benzene rings is 3. The minimum absolute atomic E-state index is 0.130. The summed E-state index contributed by atoms with van der Waals surface area (Å²) >= 11 is 1.29. The number of hydrogen-bond donors (Lipinski definition) is 1. The van der Waals surface area contributed by atoms with Crippen molar-refractivity contribution >= 4 is 23.4 Å². The minimum Gasteiger partial charge on any atom is -0.497 e. The topological polar surface area (TPSA) is 87.5 Å². The molecule has 1 N–H and O–H groups in total. The van der Waals surface area contributed by atoms with Crippen molar-refractivity contribution in [1.29, 1.82) is 0 Å². The first-order chi connectivity index (χ1) is 17.0. The van der Waals surface area contributed by atoms with Gasteiger partial charge in [0.15, 0.2) is 11.0 Å². The van der Waals surface area contributed by atoms with E-state index in [9.17, 15) is 4.79 Å². The van der Waals surface area contributed by atoms with Gasteiger partial charge in [0, 0.05) is 11.8 Å². The molecular weight excluding hydrogens is 464 g/mol. The fraction of sp³-hybridized carbons (Fsp3) is 0.192. The molecule has 0 atom stereocenters. The molecule has 4 rings (SSSR count). The van der Waals surface area contributed by atoms with Crippen LogP contribution in [0.4, 0.5) is 5.69 Å². The Morgan fingerprint density at radius 1 is 0.914 bits per heavy atom. The van der Waals surface area contributed by atoms with Crippen LogP contribution in [0, 0.1) is 6.92 Å². The van der Waals surface area contributed by atoms with Gasteiger partial charge >= 0.3 is 0 Å². The molecule has 1 heterocycles. The number of anilines is 1. The van der Waals surface area contributed by atoms with Gasteiger partial charge in [-0.2, -0.15) is 0 Å². The molecule has 9 heteroatoms. The number of para-hydroxylation sites is 1. The van der Waals surface area contributed by atoms with E-state index in [1.54, 1.807) is 39.5 Å². The highest BCUT2D eigenvalue weighted by Gasteiger charge is 2.20. The van der Waals surface area contributed by atoms with E-state index >= 15 is 0 Å². The van der Waals surface area contributed by atoms with Crippen molar-refractivity contribution in [3.8, 4) is 34.3 Å². The summed E-state index contributed by atoms with van der Waals surface area (Å²) in [5.74, 6) is 2.41. The third-order valence-corrected chi connectivity index (χ3v) is 6.22. The molecule has 1 amide bonds. The average Bonchev–Trinajstić information content (AvgIpc) is 3.31. The van der Waals surface area contributed by atoms with E-state index < -0.39 is 0 Å². The van der Waals surface area contributed by atoms with Gasteiger partial charge in [-0.3, -0.25) is 9.36 Å². The summed E-state index contributed by atoms with van der Waals surface area (Å²) in [7, 11) is 4.74. The normalized spacial score (nSPS) is 10.6. The fourth-order valence-electron chi connectivity index (χ4n) is 3.51. The fourth-order valence-corrected chi connectivity index (χ4v) is 4.26. The van der Waals surface area contributed by atoms with Gasteiger partial charge in [-0.1, -0.05) is 41.6 Å². The first kappa shape index (κ1) is 24.2. The second-order valence-electron chi connectivity index (χ2n) is 7.58. The van der Waals surface area contributed by atoms with Crippen LogP contribution in [0.5, 0.6) is 17.2 Å². The van der Waals surface area contributed by atoms with Crippen molar-refractivity contribution in [3.63, 3.8) is 0 Å². The number of aryl methyl sites for hydroxylation is 1. The third-order valence-electron chi connectivity index (χ3n) is 5.29. The molecule has 0 saturated carbocycles. The van der Waals surface area contributed by atoms with Crippen molar-refractivity contribution in [2.24, 2.45) is 0 Å². The second-order valence-corrected chi connectivity index (χ2v) is 8.52. The Balaban J connectivity index is 1.61. The van der Waals surface area contributed by atoms with Crippen LogP contribution in [-0.4, -0.2) is 47.8 Å². The highest BCUT2D eigenvalue weighted by atomic mass is 32.2. The van der Waals surface area contributed by atoms with Crippen molar-refractivity contribution < 1.29 is 19.0 Å². The number of thioether (sulfide) groups is 1. The number of carbonyl (C=O) groups is 1. The molecule has 0 aliphatic heterocycles. The Kier molecular flexibility index (Phi) is 7.57. The van der Waals surface area contributed by atoms with Crippen molar-refractivity contribution in [3.05, 3.63) is 72.3 Å². The predicted octanol–water partition coefficient (Wildman–Crippen LogP) is 5.00. The second kappa shape index (κ2) is 11.0. The number of aromatic nitrogens is 3. The molecule has 0 saturated heterocycles. The molecule has 3 aromatic carbocycles. The Morgan fingerprint density at radius 3 is 2.37 bits per heavy atom. The Morgan fingerprint density at radius 2 is 1.66 bits per heavy atom. The van der Waals surface area contributed by atoms with E-state index in [1.165, 1.54) is 11.8 Å². The van der Waals surface area contributed by atoms with Crippen molar-refractivity contribution in [2.45, 2.75) is 12.1 Å². The average molecular weight is 491 g/mol. The molecule has 35 heavy (non-hydrogen) atoms. The van der Waals surface area contributed by atoms with Gasteiger partial charge in [0.25, 0.3) is 0 Å². The number of nitrogens with one attached hydrogen (secondary N) is 1. The van der Waals surface area contributed by atoms with Crippen molar-refractivity contribution in [1.82, 2.24) is 14.8 Å².